The second kappa shape index (κ2) is 10.7. The van der Waals surface area contributed by atoms with Crippen molar-refractivity contribution in [3.63, 3.8) is 0 Å². The van der Waals surface area contributed by atoms with Gasteiger partial charge in [-0.2, -0.15) is 0 Å². The summed E-state index contributed by atoms with van der Waals surface area (Å²) in [6.45, 7) is 1.10. The summed E-state index contributed by atoms with van der Waals surface area (Å²) < 4.78 is 33.2. The molecule has 0 aliphatic carbocycles. The number of carbonyl (C=O) groups excluding carboxylic acids is 1. The Kier molecular flexibility index (Phi) is 8.58. The molecule has 1 amide bonds. The van der Waals surface area contributed by atoms with E-state index in [0.29, 0.717) is 6.54 Å². The maximum atomic E-state index is 12.5. The molecule has 1 aliphatic heterocycles. The highest BCUT2D eigenvalue weighted by molar-refractivity contribution is 7.89. The highest BCUT2D eigenvalue weighted by Gasteiger charge is 2.31. The van der Waals surface area contributed by atoms with E-state index in [2.05, 4.69) is 10.0 Å². The molecule has 1 heterocycles. The Labute approximate surface area is 166 Å². The minimum absolute atomic E-state index is 0.118. The highest BCUT2D eigenvalue weighted by Crippen LogP contribution is 2.18. The van der Waals surface area contributed by atoms with Crippen molar-refractivity contribution in [3.05, 3.63) is 42.5 Å². The zero-order chi connectivity index (χ0) is 20.6. The number of hydrogen-bond acceptors (Lipinski definition) is 6. The van der Waals surface area contributed by atoms with Gasteiger partial charge in [0.05, 0.1) is 30.1 Å². The fourth-order valence-electron chi connectivity index (χ4n) is 2.83. The predicted molar refractivity (Wildman–Crippen MR) is 106 cm³/mol. The van der Waals surface area contributed by atoms with Crippen LogP contribution in [-0.2, 0) is 19.6 Å². The largest absolute Gasteiger partial charge is 0.394 e. The molecule has 0 saturated carbocycles. The lowest BCUT2D eigenvalue weighted by Crippen LogP contribution is -2.49. The Balaban J connectivity index is 1.90. The van der Waals surface area contributed by atoms with E-state index in [4.69, 9.17) is 4.74 Å². The topological polar surface area (TPSA) is 108 Å². The Morgan fingerprint density at radius 1 is 1.21 bits per heavy atom. The van der Waals surface area contributed by atoms with Gasteiger partial charge in [-0.15, -0.1) is 0 Å². The van der Waals surface area contributed by atoms with E-state index < -0.39 is 28.3 Å². The summed E-state index contributed by atoms with van der Waals surface area (Å²) in [6.07, 6.45) is 2.98. The van der Waals surface area contributed by atoms with Crippen LogP contribution >= 0.6 is 0 Å². The molecule has 0 aromatic heterocycles. The summed E-state index contributed by atoms with van der Waals surface area (Å²) >= 11 is 0. The second-order valence-electron chi connectivity index (χ2n) is 6.95. The van der Waals surface area contributed by atoms with Crippen LogP contribution in [0, 0.1) is 0 Å². The number of carbonyl (C=O) groups is 1. The van der Waals surface area contributed by atoms with Crippen LogP contribution < -0.4 is 10.0 Å². The monoisotopic (exact) mass is 411 g/mol. The van der Waals surface area contributed by atoms with E-state index in [1.54, 1.807) is 30.4 Å². The Morgan fingerprint density at radius 2 is 1.93 bits per heavy atom. The maximum Gasteiger partial charge on any atom is 0.241 e. The van der Waals surface area contributed by atoms with Gasteiger partial charge in [0.1, 0.15) is 6.10 Å². The van der Waals surface area contributed by atoms with E-state index in [1.807, 2.05) is 19.0 Å². The molecule has 0 fully saturated rings. The highest BCUT2D eigenvalue weighted by atomic mass is 32.2. The smallest absolute Gasteiger partial charge is 0.241 e. The molecule has 0 bridgehead atoms. The van der Waals surface area contributed by atoms with Crippen molar-refractivity contribution in [2.45, 2.75) is 36.0 Å². The van der Waals surface area contributed by atoms with Crippen molar-refractivity contribution in [2.75, 3.05) is 33.8 Å². The van der Waals surface area contributed by atoms with E-state index in [9.17, 15) is 18.3 Å². The zero-order valence-corrected chi connectivity index (χ0v) is 17.1. The molecule has 9 heteroatoms. The standard InChI is InChI=1S/C19H29N3O5S/c1-22(2)12-6-11-20-19(24)13-15-9-10-17(18(14-23)27-15)21-28(25,26)16-7-4-3-5-8-16/h3-5,7-10,15,17-18,21,23H,6,11-14H2,1-2H3,(H,20,24)/t15-,17+,18+/m1/s1. The van der Waals surface area contributed by atoms with Gasteiger partial charge in [0.15, 0.2) is 0 Å². The van der Waals surface area contributed by atoms with E-state index in [-0.39, 0.29) is 23.8 Å². The van der Waals surface area contributed by atoms with Gasteiger partial charge >= 0.3 is 0 Å². The molecule has 0 saturated heterocycles. The van der Waals surface area contributed by atoms with Gasteiger partial charge in [-0.25, -0.2) is 13.1 Å². The third kappa shape index (κ3) is 6.99. The fraction of sp³-hybridized carbons (Fsp3) is 0.526. The molecular weight excluding hydrogens is 382 g/mol. The second-order valence-corrected chi connectivity index (χ2v) is 8.67. The van der Waals surface area contributed by atoms with Crippen molar-refractivity contribution in [2.24, 2.45) is 0 Å². The van der Waals surface area contributed by atoms with Crippen LogP contribution in [0.2, 0.25) is 0 Å². The molecule has 2 rings (SSSR count). The lowest BCUT2D eigenvalue weighted by atomic mass is 10.1. The first-order chi connectivity index (χ1) is 13.3. The molecular formula is C19H29N3O5S. The van der Waals surface area contributed by atoms with Gasteiger partial charge < -0.3 is 20.1 Å². The number of aliphatic hydroxyl groups is 1. The van der Waals surface area contributed by atoms with Crippen LogP contribution in [0.25, 0.3) is 0 Å². The summed E-state index contributed by atoms with van der Waals surface area (Å²) in [5, 5.41) is 12.4. The first kappa shape index (κ1) is 22.5. The molecule has 1 aromatic rings. The Hall–Kier alpha value is -1.78. The van der Waals surface area contributed by atoms with Crippen LogP contribution in [-0.4, -0.2) is 76.4 Å². The number of nitrogens with zero attached hydrogens (tertiary/aromatic N) is 1. The molecule has 3 atom stereocenters. The van der Waals surface area contributed by atoms with Crippen LogP contribution in [0.1, 0.15) is 12.8 Å². The van der Waals surface area contributed by atoms with Crippen molar-refractivity contribution in [1.82, 2.24) is 14.9 Å². The molecule has 3 N–H and O–H groups in total. The quantitative estimate of drug-likeness (QED) is 0.373. The summed E-state index contributed by atoms with van der Waals surface area (Å²) in [5.41, 5.74) is 0. The minimum Gasteiger partial charge on any atom is -0.394 e. The zero-order valence-electron chi connectivity index (χ0n) is 16.2. The molecule has 156 valence electrons. The van der Waals surface area contributed by atoms with E-state index in [1.165, 1.54) is 12.1 Å². The first-order valence-corrected chi connectivity index (χ1v) is 10.7. The van der Waals surface area contributed by atoms with Crippen molar-refractivity contribution in [1.29, 1.82) is 0 Å². The summed E-state index contributed by atoms with van der Waals surface area (Å²) in [7, 11) is 0.203. The van der Waals surface area contributed by atoms with Crippen molar-refractivity contribution in [3.8, 4) is 0 Å². The average molecular weight is 412 g/mol. The van der Waals surface area contributed by atoms with Gasteiger partial charge in [0.2, 0.25) is 15.9 Å². The molecule has 0 spiro atoms. The Bertz CT molecular complexity index is 752. The van der Waals surface area contributed by atoms with Gasteiger partial charge in [-0.3, -0.25) is 4.79 Å². The number of benzene rings is 1. The van der Waals surface area contributed by atoms with Gasteiger partial charge in [-0.05, 0) is 39.2 Å². The molecule has 0 unspecified atom stereocenters. The third-order valence-corrected chi connectivity index (χ3v) is 5.77. The van der Waals surface area contributed by atoms with E-state index in [0.717, 1.165) is 13.0 Å². The maximum absolute atomic E-state index is 12.5. The predicted octanol–water partition coefficient (Wildman–Crippen LogP) is 0.107. The SMILES string of the molecule is CN(C)CCCNC(=O)C[C@H]1C=C[C@H](NS(=O)(=O)c2ccccc2)[C@H](CO)O1. The summed E-state index contributed by atoms with van der Waals surface area (Å²) in [5.74, 6) is -0.145. The van der Waals surface area contributed by atoms with Crippen LogP contribution in [0.4, 0.5) is 0 Å². The lowest BCUT2D eigenvalue weighted by molar-refractivity contribution is -0.125. The van der Waals surface area contributed by atoms with Crippen LogP contribution in [0.3, 0.4) is 0 Å². The lowest BCUT2D eigenvalue weighted by Gasteiger charge is -2.31. The van der Waals surface area contributed by atoms with Crippen molar-refractivity contribution < 1.29 is 23.1 Å². The average Bonchev–Trinajstić information content (AvgIpc) is 2.67. The number of hydrogen-bond donors (Lipinski definition) is 3. The van der Waals surface area contributed by atoms with Gasteiger partial charge in [0.25, 0.3) is 0 Å². The molecule has 28 heavy (non-hydrogen) atoms. The van der Waals surface area contributed by atoms with E-state index >= 15 is 0 Å². The third-order valence-electron chi connectivity index (χ3n) is 4.30. The normalized spacial score (nSPS) is 22.4. The van der Waals surface area contributed by atoms with Crippen LogP contribution in [0.5, 0.6) is 0 Å². The van der Waals surface area contributed by atoms with Crippen molar-refractivity contribution >= 4 is 15.9 Å². The number of nitrogens with one attached hydrogen (secondary N) is 2. The number of rotatable bonds is 10. The Morgan fingerprint density at radius 3 is 2.57 bits per heavy atom. The number of sulfonamides is 1. The van der Waals surface area contributed by atoms with Gasteiger partial charge in [-0.1, -0.05) is 30.4 Å². The fourth-order valence-corrected chi connectivity index (χ4v) is 4.08. The molecule has 8 nitrogen and oxygen atoms in total. The molecule has 1 aromatic carbocycles. The minimum atomic E-state index is -3.74. The van der Waals surface area contributed by atoms with Crippen LogP contribution in [0.15, 0.2) is 47.4 Å². The number of amides is 1. The summed E-state index contributed by atoms with van der Waals surface area (Å²) in [4.78, 5) is 14.2. The molecule has 0 radical (unpaired) electrons. The molecule has 1 aliphatic rings. The van der Waals surface area contributed by atoms with Gasteiger partial charge in [0, 0.05) is 6.54 Å². The number of aliphatic hydroxyl groups excluding tert-OH is 1. The first-order valence-electron chi connectivity index (χ1n) is 9.25. The number of ether oxygens (including phenoxy) is 1. The summed E-state index contributed by atoms with van der Waals surface area (Å²) in [6, 6.07) is 7.28.